The zero-order valence-corrected chi connectivity index (χ0v) is 10.4. The first-order chi connectivity index (χ1) is 8.47. The average molecular weight is 258 g/mol. The third kappa shape index (κ3) is 5.58. The molecule has 1 amide bonds. The molecule has 0 unspecified atom stereocenters. The van der Waals surface area contributed by atoms with E-state index in [2.05, 4.69) is 5.32 Å². The van der Waals surface area contributed by atoms with Gasteiger partial charge >= 0.3 is 0 Å². The predicted octanol–water partition coefficient (Wildman–Crippen LogP) is 1.02. The van der Waals surface area contributed by atoms with Crippen molar-refractivity contribution in [2.75, 3.05) is 33.8 Å². The third-order valence-electron chi connectivity index (χ3n) is 2.09. The topological polar surface area (TPSA) is 41.6 Å². The average Bonchev–Trinajstić information content (AvgIpc) is 2.24. The Morgan fingerprint density at radius 2 is 1.89 bits per heavy atom. The van der Waals surface area contributed by atoms with Crippen LogP contribution in [0.4, 0.5) is 8.78 Å². The van der Waals surface area contributed by atoms with Crippen molar-refractivity contribution < 1.29 is 18.3 Å². The molecule has 0 aliphatic heterocycles. The van der Waals surface area contributed by atoms with Gasteiger partial charge in [-0.2, -0.15) is 0 Å². The third-order valence-corrected chi connectivity index (χ3v) is 2.09. The summed E-state index contributed by atoms with van der Waals surface area (Å²) in [6.07, 6.45) is 0. The van der Waals surface area contributed by atoms with E-state index < -0.39 is 11.6 Å². The van der Waals surface area contributed by atoms with E-state index in [1.54, 1.807) is 0 Å². The predicted molar refractivity (Wildman–Crippen MR) is 63.4 cm³/mol. The first kappa shape index (κ1) is 14.4. The largest absolute Gasteiger partial charge is 0.484 e. The summed E-state index contributed by atoms with van der Waals surface area (Å²) in [6, 6.07) is 2.79. The molecule has 1 rings (SSSR count). The highest BCUT2D eigenvalue weighted by Crippen LogP contribution is 2.14. The van der Waals surface area contributed by atoms with Gasteiger partial charge in [-0.1, -0.05) is 0 Å². The molecule has 0 fully saturated rings. The van der Waals surface area contributed by atoms with E-state index in [0.29, 0.717) is 13.1 Å². The minimum Gasteiger partial charge on any atom is -0.484 e. The minimum absolute atomic E-state index is 0.00439. The van der Waals surface area contributed by atoms with Gasteiger partial charge in [0.2, 0.25) is 0 Å². The second-order valence-electron chi connectivity index (χ2n) is 4.05. The number of halogens is 2. The number of likely N-dealkylation sites (N-methyl/N-ethyl adjacent to an activating group) is 1. The van der Waals surface area contributed by atoms with Crippen molar-refractivity contribution in [1.82, 2.24) is 10.2 Å². The molecule has 0 aliphatic rings. The van der Waals surface area contributed by atoms with E-state index >= 15 is 0 Å². The molecule has 100 valence electrons. The molecule has 0 atom stereocenters. The van der Waals surface area contributed by atoms with Gasteiger partial charge in [0.1, 0.15) is 17.4 Å². The van der Waals surface area contributed by atoms with E-state index in [9.17, 15) is 13.6 Å². The number of hydrogen-bond acceptors (Lipinski definition) is 3. The van der Waals surface area contributed by atoms with E-state index in [1.165, 1.54) is 0 Å². The lowest BCUT2D eigenvalue weighted by molar-refractivity contribution is -0.123. The van der Waals surface area contributed by atoms with Gasteiger partial charge in [-0.15, -0.1) is 0 Å². The zero-order chi connectivity index (χ0) is 13.5. The summed E-state index contributed by atoms with van der Waals surface area (Å²) < 4.78 is 30.6. The highest BCUT2D eigenvalue weighted by molar-refractivity contribution is 5.77. The summed E-state index contributed by atoms with van der Waals surface area (Å²) in [5.74, 6) is -1.81. The van der Waals surface area contributed by atoms with Crippen molar-refractivity contribution in [3.8, 4) is 5.75 Å². The fraction of sp³-hybridized carbons (Fsp3) is 0.417. The van der Waals surface area contributed by atoms with Crippen LogP contribution in [0, 0.1) is 11.6 Å². The maximum Gasteiger partial charge on any atom is 0.257 e. The number of nitrogens with zero attached hydrogens (tertiary/aromatic N) is 1. The molecule has 0 spiro atoms. The summed E-state index contributed by atoms with van der Waals surface area (Å²) in [6.45, 7) is 0.934. The smallest absolute Gasteiger partial charge is 0.257 e. The first-order valence-corrected chi connectivity index (χ1v) is 5.47. The maximum absolute atomic E-state index is 12.8. The molecule has 1 N–H and O–H groups in total. The van der Waals surface area contributed by atoms with Crippen LogP contribution in [0.15, 0.2) is 18.2 Å². The fourth-order valence-electron chi connectivity index (χ4n) is 1.23. The number of hydrogen-bond donors (Lipinski definition) is 1. The Hall–Kier alpha value is -1.69. The van der Waals surface area contributed by atoms with E-state index in [1.807, 2.05) is 19.0 Å². The van der Waals surface area contributed by atoms with Gasteiger partial charge < -0.3 is 15.0 Å². The van der Waals surface area contributed by atoms with Crippen LogP contribution in [0.1, 0.15) is 0 Å². The van der Waals surface area contributed by atoms with Crippen molar-refractivity contribution in [2.24, 2.45) is 0 Å². The lowest BCUT2D eigenvalue weighted by Crippen LogP contribution is -2.34. The Morgan fingerprint density at radius 3 is 2.44 bits per heavy atom. The number of ether oxygens (including phenoxy) is 1. The van der Waals surface area contributed by atoms with Gasteiger partial charge in [0.25, 0.3) is 5.91 Å². The van der Waals surface area contributed by atoms with Gasteiger partial charge in [0.05, 0.1) is 0 Å². The van der Waals surface area contributed by atoms with Gasteiger partial charge in [0.15, 0.2) is 6.61 Å². The van der Waals surface area contributed by atoms with Crippen LogP contribution in [0.5, 0.6) is 5.75 Å². The summed E-state index contributed by atoms with van der Waals surface area (Å²) in [7, 11) is 3.77. The van der Waals surface area contributed by atoms with Crippen molar-refractivity contribution in [1.29, 1.82) is 0 Å². The molecule has 0 radical (unpaired) electrons. The molecule has 4 nitrogen and oxygen atoms in total. The zero-order valence-electron chi connectivity index (χ0n) is 10.4. The van der Waals surface area contributed by atoms with E-state index in [4.69, 9.17) is 4.74 Å². The minimum atomic E-state index is -0.738. The van der Waals surface area contributed by atoms with Crippen LogP contribution in [-0.2, 0) is 4.79 Å². The monoisotopic (exact) mass is 258 g/mol. The molecular formula is C12H16F2N2O2. The second-order valence-corrected chi connectivity index (χ2v) is 4.05. The molecule has 0 aliphatic carbocycles. The normalized spacial score (nSPS) is 10.5. The Kier molecular flexibility index (Phi) is 5.51. The number of amides is 1. The maximum atomic E-state index is 12.8. The van der Waals surface area contributed by atoms with Crippen molar-refractivity contribution in [3.63, 3.8) is 0 Å². The number of benzene rings is 1. The van der Waals surface area contributed by atoms with Gasteiger partial charge in [0, 0.05) is 31.3 Å². The first-order valence-electron chi connectivity index (χ1n) is 5.47. The molecule has 0 bridgehead atoms. The molecule has 6 heteroatoms. The van der Waals surface area contributed by atoms with Crippen LogP contribution in [0.3, 0.4) is 0 Å². The second kappa shape index (κ2) is 6.90. The molecule has 18 heavy (non-hydrogen) atoms. The summed E-state index contributed by atoms with van der Waals surface area (Å²) in [5, 5.41) is 2.62. The Balaban J connectivity index is 2.33. The molecule has 1 aromatic carbocycles. The number of rotatable bonds is 6. The number of carbonyl (C=O) groups is 1. The van der Waals surface area contributed by atoms with Crippen molar-refractivity contribution >= 4 is 5.91 Å². The molecule has 0 saturated carbocycles. The summed E-state index contributed by atoms with van der Waals surface area (Å²) >= 11 is 0. The fourth-order valence-corrected chi connectivity index (χ4v) is 1.23. The van der Waals surface area contributed by atoms with Gasteiger partial charge in [-0.3, -0.25) is 4.79 Å². The molecular weight excluding hydrogens is 242 g/mol. The standard InChI is InChI=1S/C12H16F2N2O2/c1-16(2)4-3-15-12(17)8-18-11-6-9(13)5-10(14)7-11/h5-7H,3-4,8H2,1-2H3,(H,15,17). The van der Waals surface area contributed by atoms with Crippen LogP contribution >= 0.6 is 0 Å². The number of carbonyl (C=O) groups excluding carboxylic acids is 1. The van der Waals surface area contributed by atoms with Crippen LogP contribution < -0.4 is 10.1 Å². The molecule has 0 heterocycles. The quantitative estimate of drug-likeness (QED) is 0.828. The van der Waals surface area contributed by atoms with Crippen LogP contribution in [-0.4, -0.2) is 44.6 Å². The SMILES string of the molecule is CN(C)CCNC(=O)COc1cc(F)cc(F)c1. The molecule has 0 aromatic heterocycles. The highest BCUT2D eigenvalue weighted by Gasteiger charge is 2.05. The van der Waals surface area contributed by atoms with E-state index in [0.717, 1.165) is 18.2 Å². The van der Waals surface area contributed by atoms with Crippen molar-refractivity contribution in [2.45, 2.75) is 0 Å². The number of nitrogens with one attached hydrogen (secondary N) is 1. The Labute approximate surface area is 105 Å². The molecule has 1 aromatic rings. The lowest BCUT2D eigenvalue weighted by atomic mass is 10.3. The Bertz CT molecular complexity index is 391. The lowest BCUT2D eigenvalue weighted by Gasteiger charge is -2.11. The van der Waals surface area contributed by atoms with E-state index in [-0.39, 0.29) is 18.3 Å². The molecule has 0 saturated heterocycles. The van der Waals surface area contributed by atoms with Crippen LogP contribution in [0.2, 0.25) is 0 Å². The van der Waals surface area contributed by atoms with Crippen molar-refractivity contribution in [3.05, 3.63) is 29.8 Å². The van der Waals surface area contributed by atoms with Gasteiger partial charge in [-0.25, -0.2) is 8.78 Å². The Morgan fingerprint density at radius 1 is 1.28 bits per heavy atom. The summed E-state index contributed by atoms with van der Waals surface area (Å²) in [4.78, 5) is 13.2. The van der Waals surface area contributed by atoms with Crippen LogP contribution in [0.25, 0.3) is 0 Å². The summed E-state index contributed by atoms with van der Waals surface area (Å²) in [5.41, 5.74) is 0. The van der Waals surface area contributed by atoms with Gasteiger partial charge in [-0.05, 0) is 14.1 Å². The highest BCUT2D eigenvalue weighted by atomic mass is 19.1.